The molecular formula is C31H30Cl3N5O2S. The van der Waals surface area contributed by atoms with Crippen LogP contribution in [0.2, 0.25) is 0 Å². The number of pyridine rings is 1. The predicted molar refractivity (Wildman–Crippen MR) is 177 cm³/mol. The number of thiocarbonyl (C=S) groups is 1. The standard InChI is InChI=1S/C30H26Cl3N5O2S.CH4/c31-30(32,33)28(37-25(39)17-16-20-9-3-1-4-10-20)38(27(40)23(34)19-21-11-5-2-6-12-21)29(41)36-24-15-7-13-22-14-8-18-35-26(22)24;/h1-18,23,28H,19,34H2,(H,36,41)(H,37,39);1H4/b17-16+;/t23-,28?;/m0./s1. The number of fused-ring (bicyclic) bond motifs is 1. The van der Waals surface area contributed by atoms with Crippen molar-refractivity contribution < 1.29 is 9.59 Å². The van der Waals surface area contributed by atoms with Crippen molar-refractivity contribution in [1.29, 1.82) is 0 Å². The number of anilines is 1. The van der Waals surface area contributed by atoms with E-state index in [4.69, 9.17) is 52.8 Å². The number of hydrogen-bond donors (Lipinski definition) is 3. The molecule has 4 aromatic rings. The van der Waals surface area contributed by atoms with Gasteiger partial charge in [0, 0.05) is 17.7 Å². The first-order valence-electron chi connectivity index (χ1n) is 12.5. The minimum absolute atomic E-state index is 0. The fourth-order valence-corrected chi connectivity index (χ4v) is 4.83. The second-order valence-electron chi connectivity index (χ2n) is 9.01. The highest BCUT2D eigenvalue weighted by molar-refractivity contribution is 7.80. The first-order chi connectivity index (χ1) is 19.6. The number of halogens is 3. The molecule has 0 fully saturated rings. The van der Waals surface area contributed by atoms with Crippen LogP contribution in [0.4, 0.5) is 5.69 Å². The number of hydrogen-bond acceptors (Lipinski definition) is 5. The molecule has 0 spiro atoms. The van der Waals surface area contributed by atoms with Gasteiger partial charge in [-0.1, -0.05) is 121 Å². The van der Waals surface area contributed by atoms with Crippen molar-refractivity contribution in [3.8, 4) is 0 Å². The number of carbonyl (C=O) groups excluding carboxylic acids is 2. The van der Waals surface area contributed by atoms with E-state index in [0.717, 1.165) is 21.4 Å². The maximum Gasteiger partial charge on any atom is 0.247 e. The van der Waals surface area contributed by atoms with Crippen molar-refractivity contribution in [2.24, 2.45) is 5.73 Å². The Labute approximate surface area is 265 Å². The van der Waals surface area contributed by atoms with Crippen LogP contribution in [-0.4, -0.2) is 42.8 Å². The molecule has 0 saturated heterocycles. The Morgan fingerprint density at radius 1 is 0.952 bits per heavy atom. The molecule has 2 atom stereocenters. The van der Waals surface area contributed by atoms with E-state index in [2.05, 4.69) is 15.6 Å². The Bertz CT molecular complexity index is 1540. The van der Waals surface area contributed by atoms with Crippen molar-refractivity contribution in [2.45, 2.75) is 29.8 Å². The monoisotopic (exact) mass is 641 g/mol. The highest BCUT2D eigenvalue weighted by Crippen LogP contribution is 2.33. The number of nitrogens with one attached hydrogen (secondary N) is 2. The maximum absolute atomic E-state index is 13.9. The van der Waals surface area contributed by atoms with Crippen LogP contribution in [0.25, 0.3) is 17.0 Å². The van der Waals surface area contributed by atoms with Crippen LogP contribution < -0.4 is 16.4 Å². The van der Waals surface area contributed by atoms with Crippen LogP contribution in [0.1, 0.15) is 18.6 Å². The van der Waals surface area contributed by atoms with Gasteiger partial charge in [0.2, 0.25) is 15.6 Å². The zero-order valence-electron chi connectivity index (χ0n) is 21.6. The maximum atomic E-state index is 13.9. The lowest BCUT2D eigenvalue weighted by atomic mass is 10.1. The zero-order chi connectivity index (χ0) is 29.4. The first-order valence-corrected chi connectivity index (χ1v) is 14.1. The van der Waals surface area contributed by atoms with E-state index in [1.807, 2.05) is 78.9 Å². The average Bonchev–Trinajstić information content (AvgIpc) is 2.96. The third-order valence-electron chi connectivity index (χ3n) is 6.02. The van der Waals surface area contributed by atoms with Gasteiger partial charge in [0.25, 0.3) is 0 Å². The highest BCUT2D eigenvalue weighted by Gasteiger charge is 2.44. The minimum Gasteiger partial charge on any atom is -0.330 e. The summed E-state index contributed by atoms with van der Waals surface area (Å²) in [4.78, 5) is 32.3. The molecule has 42 heavy (non-hydrogen) atoms. The molecule has 0 aliphatic rings. The molecule has 7 nitrogen and oxygen atoms in total. The smallest absolute Gasteiger partial charge is 0.247 e. The summed E-state index contributed by atoms with van der Waals surface area (Å²) in [5, 5.41) is 6.36. The van der Waals surface area contributed by atoms with Crippen LogP contribution in [0.15, 0.2) is 103 Å². The lowest BCUT2D eigenvalue weighted by Gasteiger charge is -2.37. The van der Waals surface area contributed by atoms with Gasteiger partial charge in [0.15, 0.2) is 11.3 Å². The molecular weight excluding hydrogens is 613 g/mol. The Hall–Kier alpha value is -3.53. The Morgan fingerprint density at radius 2 is 1.60 bits per heavy atom. The second kappa shape index (κ2) is 15.1. The van der Waals surface area contributed by atoms with Crippen molar-refractivity contribution >= 4 is 86.6 Å². The highest BCUT2D eigenvalue weighted by atomic mass is 35.6. The van der Waals surface area contributed by atoms with E-state index in [9.17, 15) is 9.59 Å². The fourth-order valence-electron chi connectivity index (χ4n) is 4.07. The van der Waals surface area contributed by atoms with Crippen LogP contribution in [0.3, 0.4) is 0 Å². The molecule has 3 aromatic carbocycles. The molecule has 4 N–H and O–H groups in total. The molecule has 0 aliphatic carbocycles. The predicted octanol–water partition coefficient (Wildman–Crippen LogP) is 6.49. The summed E-state index contributed by atoms with van der Waals surface area (Å²) in [7, 11) is 0. The van der Waals surface area contributed by atoms with E-state index in [-0.39, 0.29) is 19.0 Å². The van der Waals surface area contributed by atoms with Crippen molar-refractivity contribution in [3.05, 3.63) is 114 Å². The number of rotatable bonds is 8. The Kier molecular flexibility index (Phi) is 11.8. The van der Waals surface area contributed by atoms with E-state index in [1.54, 1.807) is 24.4 Å². The summed E-state index contributed by atoms with van der Waals surface area (Å²) in [6.07, 6.45) is 3.17. The molecule has 1 aromatic heterocycles. The van der Waals surface area contributed by atoms with Gasteiger partial charge in [-0.25, -0.2) is 0 Å². The number of alkyl halides is 3. The van der Waals surface area contributed by atoms with Crippen molar-refractivity contribution in [3.63, 3.8) is 0 Å². The first kappa shape index (κ1) is 33.0. The number of amides is 2. The van der Waals surface area contributed by atoms with Crippen LogP contribution in [-0.2, 0) is 16.0 Å². The second-order valence-corrected chi connectivity index (χ2v) is 11.8. The summed E-state index contributed by atoms with van der Waals surface area (Å²) in [6.45, 7) is 0. The molecule has 4 rings (SSSR count). The van der Waals surface area contributed by atoms with E-state index < -0.39 is 27.8 Å². The van der Waals surface area contributed by atoms with Crippen LogP contribution in [0.5, 0.6) is 0 Å². The van der Waals surface area contributed by atoms with Gasteiger partial charge in [-0.15, -0.1) is 0 Å². The number of carbonyl (C=O) groups is 2. The topological polar surface area (TPSA) is 100 Å². The summed E-state index contributed by atoms with van der Waals surface area (Å²) < 4.78 is -2.19. The summed E-state index contributed by atoms with van der Waals surface area (Å²) >= 11 is 24.8. The normalized spacial score (nSPS) is 12.7. The average molecular weight is 643 g/mol. The minimum atomic E-state index is -2.19. The lowest BCUT2D eigenvalue weighted by Crippen LogP contribution is -2.63. The summed E-state index contributed by atoms with van der Waals surface area (Å²) in [6, 6.07) is 26.5. The quantitative estimate of drug-likeness (QED) is 0.0879. The van der Waals surface area contributed by atoms with Gasteiger partial charge in [0.05, 0.1) is 17.2 Å². The largest absolute Gasteiger partial charge is 0.330 e. The third kappa shape index (κ3) is 8.74. The van der Waals surface area contributed by atoms with E-state index >= 15 is 0 Å². The van der Waals surface area contributed by atoms with E-state index in [0.29, 0.717) is 11.2 Å². The van der Waals surface area contributed by atoms with E-state index in [1.165, 1.54) is 6.08 Å². The van der Waals surface area contributed by atoms with Gasteiger partial charge < -0.3 is 16.4 Å². The number of nitrogens with zero attached hydrogens (tertiary/aromatic N) is 2. The number of nitrogens with two attached hydrogens (primary N) is 1. The number of para-hydroxylation sites is 1. The zero-order valence-corrected chi connectivity index (χ0v) is 24.7. The molecule has 0 saturated carbocycles. The molecule has 0 bridgehead atoms. The third-order valence-corrected chi connectivity index (χ3v) is 6.94. The molecule has 1 heterocycles. The van der Waals surface area contributed by atoms with Gasteiger partial charge in [-0.05, 0) is 48.0 Å². The Balaban J connectivity index is 0.00000484. The summed E-state index contributed by atoms with van der Waals surface area (Å²) in [5.41, 5.74) is 9.10. The molecule has 11 heteroatoms. The van der Waals surface area contributed by atoms with Gasteiger partial charge >= 0.3 is 0 Å². The SMILES string of the molecule is C.N[C@@H](Cc1ccccc1)C(=O)N(C(=S)Nc1cccc2cccnc12)C(NC(=O)/C=C/c1ccccc1)C(Cl)(Cl)Cl. The van der Waals surface area contributed by atoms with Gasteiger partial charge in [0.1, 0.15) is 0 Å². The van der Waals surface area contributed by atoms with Gasteiger partial charge in [-0.2, -0.15) is 0 Å². The molecule has 0 aliphatic heterocycles. The summed E-state index contributed by atoms with van der Waals surface area (Å²) in [5.74, 6) is -1.28. The van der Waals surface area contributed by atoms with Crippen molar-refractivity contribution in [2.75, 3.05) is 5.32 Å². The molecule has 0 radical (unpaired) electrons. The van der Waals surface area contributed by atoms with Crippen LogP contribution in [0, 0.1) is 0 Å². The number of benzene rings is 3. The lowest BCUT2D eigenvalue weighted by molar-refractivity contribution is -0.131. The van der Waals surface area contributed by atoms with Gasteiger partial charge in [-0.3, -0.25) is 19.5 Å². The molecule has 218 valence electrons. The fraction of sp³-hybridized carbons (Fsp3) is 0.161. The van der Waals surface area contributed by atoms with Crippen molar-refractivity contribution in [1.82, 2.24) is 15.2 Å². The Morgan fingerprint density at radius 3 is 2.26 bits per heavy atom. The molecule has 2 amide bonds. The molecule has 1 unspecified atom stereocenters. The number of aromatic nitrogens is 1. The van der Waals surface area contributed by atoms with Crippen LogP contribution >= 0.6 is 47.0 Å².